The van der Waals surface area contributed by atoms with Crippen molar-refractivity contribution in [3.05, 3.63) is 40.9 Å². The van der Waals surface area contributed by atoms with Gasteiger partial charge in [-0.2, -0.15) is 0 Å². The zero-order chi connectivity index (χ0) is 12.3. The predicted molar refractivity (Wildman–Crippen MR) is 68.2 cm³/mol. The third-order valence-corrected chi connectivity index (χ3v) is 3.04. The number of hydrogen-bond acceptors (Lipinski definition) is 3. The largest absolute Gasteiger partial charge is 0.497 e. The molecule has 0 spiro atoms. The number of methoxy groups -OCH3 is 1. The molecule has 0 saturated heterocycles. The van der Waals surface area contributed by atoms with E-state index in [1.807, 2.05) is 36.0 Å². The number of rotatable bonds is 4. The highest BCUT2D eigenvalue weighted by Gasteiger charge is 2.05. The van der Waals surface area contributed by atoms with Crippen molar-refractivity contribution in [1.82, 2.24) is 9.55 Å². The van der Waals surface area contributed by atoms with E-state index in [4.69, 9.17) is 9.47 Å². The van der Waals surface area contributed by atoms with Gasteiger partial charge in [0, 0.05) is 19.4 Å². The molecule has 0 aliphatic heterocycles. The van der Waals surface area contributed by atoms with E-state index in [9.17, 15) is 0 Å². The van der Waals surface area contributed by atoms with Crippen LogP contribution in [0.1, 0.15) is 5.82 Å². The minimum absolute atomic E-state index is 0.439. The number of imidazole rings is 1. The Morgan fingerprint density at radius 1 is 1.41 bits per heavy atom. The van der Waals surface area contributed by atoms with Crippen molar-refractivity contribution in [2.75, 3.05) is 7.11 Å². The topological polar surface area (TPSA) is 36.3 Å². The summed E-state index contributed by atoms with van der Waals surface area (Å²) in [6.45, 7) is 0.439. The maximum atomic E-state index is 5.68. The van der Waals surface area contributed by atoms with Crippen LogP contribution >= 0.6 is 15.9 Å². The summed E-state index contributed by atoms with van der Waals surface area (Å²) in [5.74, 6) is 2.45. The Balaban J connectivity index is 2.07. The highest BCUT2D eigenvalue weighted by Crippen LogP contribution is 2.29. The second kappa shape index (κ2) is 5.23. The Kier molecular flexibility index (Phi) is 3.68. The number of aromatic nitrogens is 2. The molecule has 0 radical (unpaired) electrons. The van der Waals surface area contributed by atoms with Gasteiger partial charge in [0.05, 0.1) is 11.6 Å². The van der Waals surface area contributed by atoms with Crippen LogP contribution < -0.4 is 9.47 Å². The Morgan fingerprint density at radius 2 is 2.24 bits per heavy atom. The third kappa shape index (κ3) is 2.79. The summed E-state index contributed by atoms with van der Waals surface area (Å²) in [5, 5.41) is 0. The molecule has 1 heterocycles. The van der Waals surface area contributed by atoms with Crippen LogP contribution in [0.15, 0.2) is 35.1 Å². The highest BCUT2D eigenvalue weighted by molar-refractivity contribution is 9.10. The molecule has 1 aromatic heterocycles. The van der Waals surface area contributed by atoms with E-state index < -0.39 is 0 Å². The van der Waals surface area contributed by atoms with Crippen LogP contribution in [-0.4, -0.2) is 16.7 Å². The maximum absolute atomic E-state index is 5.68. The first kappa shape index (κ1) is 12.0. The lowest BCUT2D eigenvalue weighted by molar-refractivity contribution is 0.289. The first-order valence-corrected chi connectivity index (χ1v) is 5.92. The fraction of sp³-hybridized carbons (Fsp3) is 0.250. The highest BCUT2D eigenvalue weighted by atomic mass is 79.9. The van der Waals surface area contributed by atoms with E-state index in [1.165, 1.54) is 0 Å². The summed E-state index contributed by atoms with van der Waals surface area (Å²) >= 11 is 3.44. The van der Waals surface area contributed by atoms with E-state index >= 15 is 0 Å². The number of benzene rings is 1. The quantitative estimate of drug-likeness (QED) is 0.870. The molecule has 0 aliphatic rings. The van der Waals surface area contributed by atoms with Crippen molar-refractivity contribution in [3.63, 3.8) is 0 Å². The lowest BCUT2D eigenvalue weighted by atomic mass is 10.3. The van der Waals surface area contributed by atoms with E-state index in [1.54, 1.807) is 13.3 Å². The van der Waals surface area contributed by atoms with Gasteiger partial charge in [-0.05, 0) is 34.1 Å². The lowest BCUT2D eigenvalue weighted by Crippen LogP contribution is -2.03. The van der Waals surface area contributed by atoms with Gasteiger partial charge in [-0.1, -0.05) is 0 Å². The maximum Gasteiger partial charge on any atom is 0.146 e. The van der Waals surface area contributed by atoms with Crippen LogP contribution in [0.25, 0.3) is 0 Å². The standard InChI is InChI=1S/C12H13BrN2O2/c1-15-6-5-14-12(15)8-17-11-4-3-9(16-2)7-10(11)13/h3-7H,8H2,1-2H3. The molecule has 2 rings (SSSR count). The SMILES string of the molecule is COc1ccc(OCc2nccn2C)c(Br)c1. The van der Waals surface area contributed by atoms with Gasteiger partial charge in [0.25, 0.3) is 0 Å². The summed E-state index contributed by atoms with van der Waals surface area (Å²) in [4.78, 5) is 4.19. The fourth-order valence-electron chi connectivity index (χ4n) is 1.40. The zero-order valence-electron chi connectivity index (χ0n) is 9.68. The molecule has 0 N–H and O–H groups in total. The fourth-order valence-corrected chi connectivity index (χ4v) is 1.88. The minimum Gasteiger partial charge on any atom is -0.497 e. The van der Waals surface area contributed by atoms with Gasteiger partial charge >= 0.3 is 0 Å². The van der Waals surface area contributed by atoms with Crippen LogP contribution in [-0.2, 0) is 13.7 Å². The molecule has 4 nitrogen and oxygen atoms in total. The minimum atomic E-state index is 0.439. The van der Waals surface area contributed by atoms with E-state index in [0.717, 1.165) is 21.8 Å². The zero-order valence-corrected chi connectivity index (χ0v) is 11.3. The molecule has 0 fully saturated rings. The molecule has 5 heteroatoms. The van der Waals surface area contributed by atoms with Gasteiger partial charge in [-0.15, -0.1) is 0 Å². The first-order chi connectivity index (χ1) is 8.20. The Hall–Kier alpha value is -1.49. The van der Waals surface area contributed by atoms with E-state index in [-0.39, 0.29) is 0 Å². The van der Waals surface area contributed by atoms with Crippen molar-refractivity contribution in [1.29, 1.82) is 0 Å². The molecule has 90 valence electrons. The summed E-state index contributed by atoms with van der Waals surface area (Å²) in [6, 6.07) is 5.60. The average molecular weight is 297 g/mol. The van der Waals surface area contributed by atoms with Gasteiger partial charge < -0.3 is 14.0 Å². The number of halogens is 1. The Labute approximate surface area is 108 Å². The molecule has 17 heavy (non-hydrogen) atoms. The van der Waals surface area contributed by atoms with Gasteiger partial charge in [-0.25, -0.2) is 4.98 Å². The monoisotopic (exact) mass is 296 g/mol. The van der Waals surface area contributed by atoms with Crippen LogP contribution in [0.4, 0.5) is 0 Å². The van der Waals surface area contributed by atoms with Crippen LogP contribution in [0, 0.1) is 0 Å². The van der Waals surface area contributed by atoms with E-state index in [2.05, 4.69) is 20.9 Å². The molecule has 0 unspecified atom stereocenters. The lowest BCUT2D eigenvalue weighted by Gasteiger charge is -2.09. The van der Waals surface area contributed by atoms with Crippen molar-refractivity contribution < 1.29 is 9.47 Å². The number of aryl methyl sites for hydroxylation is 1. The Bertz CT molecular complexity index is 511. The summed E-state index contributed by atoms with van der Waals surface area (Å²) in [7, 11) is 3.57. The molecule has 0 atom stereocenters. The van der Waals surface area contributed by atoms with E-state index in [0.29, 0.717) is 6.61 Å². The third-order valence-electron chi connectivity index (χ3n) is 2.42. The van der Waals surface area contributed by atoms with Crippen molar-refractivity contribution >= 4 is 15.9 Å². The summed E-state index contributed by atoms with van der Waals surface area (Å²) in [6.07, 6.45) is 3.64. The summed E-state index contributed by atoms with van der Waals surface area (Å²) < 4.78 is 13.6. The van der Waals surface area contributed by atoms with Crippen LogP contribution in [0.3, 0.4) is 0 Å². The second-order valence-corrected chi connectivity index (χ2v) is 4.39. The first-order valence-electron chi connectivity index (χ1n) is 5.13. The number of ether oxygens (including phenoxy) is 2. The van der Waals surface area contributed by atoms with Gasteiger partial charge in [0.15, 0.2) is 0 Å². The summed E-state index contributed by atoms with van der Waals surface area (Å²) in [5.41, 5.74) is 0. The molecule has 0 saturated carbocycles. The smallest absolute Gasteiger partial charge is 0.146 e. The normalized spacial score (nSPS) is 10.3. The molecular formula is C12H13BrN2O2. The van der Waals surface area contributed by atoms with Crippen molar-refractivity contribution in [2.24, 2.45) is 7.05 Å². The Morgan fingerprint density at radius 3 is 2.82 bits per heavy atom. The average Bonchev–Trinajstić information content (AvgIpc) is 2.73. The molecule has 0 bridgehead atoms. The van der Waals surface area contributed by atoms with Gasteiger partial charge in [0.2, 0.25) is 0 Å². The molecular weight excluding hydrogens is 284 g/mol. The second-order valence-electron chi connectivity index (χ2n) is 3.54. The van der Waals surface area contributed by atoms with Crippen LogP contribution in [0.5, 0.6) is 11.5 Å². The number of hydrogen-bond donors (Lipinski definition) is 0. The number of nitrogens with zero attached hydrogens (tertiary/aromatic N) is 2. The van der Waals surface area contributed by atoms with Gasteiger partial charge in [0.1, 0.15) is 23.9 Å². The molecule has 2 aromatic rings. The molecule has 0 amide bonds. The van der Waals surface area contributed by atoms with Crippen molar-refractivity contribution in [3.8, 4) is 11.5 Å². The molecule has 0 aliphatic carbocycles. The van der Waals surface area contributed by atoms with Crippen LogP contribution in [0.2, 0.25) is 0 Å². The van der Waals surface area contributed by atoms with Gasteiger partial charge in [-0.3, -0.25) is 0 Å². The molecule has 1 aromatic carbocycles. The predicted octanol–water partition coefficient (Wildman–Crippen LogP) is 2.77. The van der Waals surface area contributed by atoms with Crippen molar-refractivity contribution in [2.45, 2.75) is 6.61 Å².